The zero-order chi connectivity index (χ0) is 62.9. The number of rotatable bonds is 20. The number of phosphoric ester groups is 1. The highest BCUT2D eigenvalue weighted by Gasteiger charge is 2.55. The number of benzene rings is 1. The number of fused-ring (bicyclic) bond motifs is 4. The number of anilines is 3. The summed E-state index contributed by atoms with van der Waals surface area (Å²) in [6.45, 7) is -3.91. The summed E-state index contributed by atoms with van der Waals surface area (Å²) in [4.78, 5) is 130. The van der Waals surface area contributed by atoms with Gasteiger partial charge in [-0.05, 0) is 53.8 Å². The van der Waals surface area contributed by atoms with Crippen LogP contribution in [0.4, 0.5) is 36.1 Å². The summed E-state index contributed by atoms with van der Waals surface area (Å²) < 4.78 is 78.8. The summed E-state index contributed by atoms with van der Waals surface area (Å²) in [5.74, 6) is -2.53. The molecule has 87 heavy (non-hydrogen) atoms. The van der Waals surface area contributed by atoms with Crippen molar-refractivity contribution in [3.63, 3.8) is 0 Å². The van der Waals surface area contributed by atoms with Crippen LogP contribution in [0.3, 0.4) is 0 Å². The number of carbonyl (C=O) groups excluding carboxylic acids is 6. The fourth-order valence-electron chi connectivity index (χ4n) is 9.07. The summed E-state index contributed by atoms with van der Waals surface area (Å²) in [7, 11) is -2.55. The van der Waals surface area contributed by atoms with Crippen LogP contribution in [0, 0.1) is 5.92 Å². The van der Waals surface area contributed by atoms with Crippen LogP contribution in [0.5, 0.6) is 0 Å². The second kappa shape index (κ2) is 28.2. The SMILES string of the molecule is CC(C)[C@H](NC(=O)CN=[N+]=[N-])C(=O)N[C@@H](CCCNC(N)=O)C(=O)Nc1ccc(COC(=O)N(C)CCN(C)C(=O)O[C@@H]2[C@@H]3OP(O)(=S)OCC4O[C@@H](n5cnc6c(N)ncnc65)[C@H](F)[C@@H]4OP(=O)(O)OC[C@H]3O[C@H]2n2cnc3c(N)ncnc32)cc1. The van der Waals surface area contributed by atoms with Crippen molar-refractivity contribution in [1.29, 1.82) is 0 Å². The van der Waals surface area contributed by atoms with Gasteiger partial charge >= 0.3 is 32.8 Å². The molecule has 0 aliphatic carbocycles. The number of phosphoric acid groups is 1. The van der Waals surface area contributed by atoms with E-state index in [1.165, 1.54) is 37.1 Å². The maximum Gasteiger partial charge on any atom is 0.472 e. The molecule has 3 unspecified atom stereocenters. The van der Waals surface area contributed by atoms with Gasteiger partial charge in [-0.15, -0.1) is 0 Å². The number of ether oxygens (including phenoxy) is 4. The van der Waals surface area contributed by atoms with Crippen molar-refractivity contribution < 1.29 is 84.6 Å². The van der Waals surface area contributed by atoms with Gasteiger partial charge in [-0.3, -0.25) is 37.1 Å². The maximum absolute atomic E-state index is 16.4. The Bertz CT molecular complexity index is 3500. The van der Waals surface area contributed by atoms with Crippen LogP contribution in [0.2, 0.25) is 0 Å². The number of nitrogens with two attached hydrogens (primary N) is 3. The van der Waals surface area contributed by atoms with Crippen molar-refractivity contribution in [2.75, 3.05) is 70.3 Å². The van der Waals surface area contributed by atoms with Crippen molar-refractivity contribution in [2.24, 2.45) is 16.8 Å². The van der Waals surface area contributed by atoms with Gasteiger partial charge in [0.15, 0.2) is 47.7 Å². The van der Waals surface area contributed by atoms with Gasteiger partial charge < -0.3 is 81.5 Å². The fourth-order valence-corrected chi connectivity index (χ4v) is 11.5. The van der Waals surface area contributed by atoms with E-state index in [4.69, 9.17) is 71.6 Å². The van der Waals surface area contributed by atoms with Crippen LogP contribution in [0.15, 0.2) is 54.7 Å². The highest BCUT2D eigenvalue weighted by atomic mass is 32.5. The number of primary amides is 1. The van der Waals surface area contributed by atoms with Crippen LogP contribution in [-0.2, 0) is 74.4 Å². The van der Waals surface area contributed by atoms with Crippen molar-refractivity contribution in [3.05, 3.63) is 65.6 Å². The second-order valence-electron chi connectivity index (χ2n) is 20.0. The smallest absolute Gasteiger partial charge is 0.445 e. The number of azide groups is 1. The molecular weight excluding hydrogens is 1220 g/mol. The molecule has 3 saturated heterocycles. The first kappa shape index (κ1) is 64.9. The number of urea groups is 1. The molecule has 7 amide bonds. The first-order valence-corrected chi connectivity index (χ1v) is 30.4. The molecule has 41 heteroatoms. The summed E-state index contributed by atoms with van der Waals surface area (Å²) in [6, 6.07) is 3.13. The zero-order valence-electron chi connectivity index (χ0n) is 46.6. The Morgan fingerprint density at radius 2 is 1.46 bits per heavy atom. The molecule has 470 valence electrons. The van der Waals surface area contributed by atoms with E-state index in [1.807, 2.05) is 0 Å². The standard InChI is InChI=1S/C46H61FN20O17P2S/c1-22(2)30(62-28(68)14-59-63-51)41(70)61-25(6-5-11-52-44(50)71)40(69)60-24-9-7-23(8-10-24)15-77-45(72)64(3)12-13-65(4)46(73)82-35-34-27(81-43(35)67-21-58-32-37(49)54-19-56-39(32)67)16-78-85(74,75)83-33-26(17-79-86(76,87)84-34)80-42(29(33)47)66-20-57-31-36(48)53-18-55-38(31)66/h7-10,18-22,25-27,29-30,33-35,42-43H,5-6,11-17H2,1-4H3,(H,60,69)(H,61,70)(H,62,68)(H,74,75)(H,76,87)(H2,48,53,55)(H2,49,54,56)(H3,50,52,71)/t25-,26?,27+,29+,30-,33+,34+,35+,42+,43+,86?/m0/s1. The summed E-state index contributed by atoms with van der Waals surface area (Å²) in [6.07, 6.45) is -10.6. The number of aromatic nitrogens is 8. The van der Waals surface area contributed by atoms with Gasteiger partial charge in [0.2, 0.25) is 17.7 Å². The number of amides is 7. The van der Waals surface area contributed by atoms with E-state index in [0.29, 0.717) is 11.3 Å². The van der Waals surface area contributed by atoms with Crippen LogP contribution in [0.1, 0.15) is 44.7 Å². The highest BCUT2D eigenvalue weighted by molar-refractivity contribution is 8.07. The molecule has 12 atom stereocenters. The number of hydrogen-bond acceptors (Lipinski definition) is 25. The lowest BCUT2D eigenvalue weighted by Crippen LogP contribution is -2.55. The average molecular weight is 1280 g/mol. The monoisotopic (exact) mass is 1280 g/mol. The Balaban J connectivity index is 0.897. The molecule has 0 saturated carbocycles. The molecule has 1 aromatic carbocycles. The maximum atomic E-state index is 16.4. The van der Waals surface area contributed by atoms with Gasteiger partial charge in [0, 0.05) is 44.3 Å². The first-order chi connectivity index (χ1) is 41.3. The lowest BCUT2D eigenvalue weighted by atomic mass is 10.0. The van der Waals surface area contributed by atoms with Gasteiger partial charge in [-0.2, -0.15) is 0 Å². The normalized spacial score (nSPS) is 25.3. The number of imidazole rings is 2. The van der Waals surface area contributed by atoms with Crippen molar-refractivity contribution in [2.45, 2.75) is 94.5 Å². The van der Waals surface area contributed by atoms with E-state index in [0.717, 1.165) is 33.3 Å². The number of halogens is 1. The molecule has 0 spiro atoms. The molecule has 3 aliphatic heterocycles. The van der Waals surface area contributed by atoms with Gasteiger partial charge in [0.05, 0.1) is 25.9 Å². The summed E-state index contributed by atoms with van der Waals surface area (Å²) in [5, 5.41) is 13.4. The molecule has 0 radical (unpaired) electrons. The molecule has 3 fully saturated rings. The molecule has 0 bridgehead atoms. The number of nitrogens with zero attached hydrogens (tertiary/aromatic N) is 13. The fraction of sp³-hybridized carbons (Fsp3) is 0.522. The molecule has 7 heterocycles. The van der Waals surface area contributed by atoms with E-state index in [1.54, 1.807) is 26.0 Å². The number of alkyl halides is 1. The lowest BCUT2D eigenvalue weighted by molar-refractivity contribution is -0.131. The zero-order valence-corrected chi connectivity index (χ0v) is 49.2. The van der Waals surface area contributed by atoms with E-state index < -0.39 is 137 Å². The molecule has 37 nitrogen and oxygen atoms in total. The third-order valence-electron chi connectivity index (χ3n) is 13.5. The van der Waals surface area contributed by atoms with Gasteiger partial charge in [-0.1, -0.05) is 31.1 Å². The number of nitrogens with one attached hydrogen (secondary N) is 4. The van der Waals surface area contributed by atoms with Crippen LogP contribution >= 0.6 is 14.5 Å². The van der Waals surface area contributed by atoms with E-state index in [-0.39, 0.29) is 73.0 Å². The predicted octanol–water partition coefficient (Wildman–Crippen LogP) is 1.13. The van der Waals surface area contributed by atoms with Crippen LogP contribution in [0.25, 0.3) is 32.8 Å². The molecule has 5 aromatic rings. The third kappa shape index (κ3) is 16.1. The molecule has 3 aliphatic rings. The second-order valence-corrected chi connectivity index (χ2v) is 24.2. The molecule has 8 rings (SSSR count). The molecular formula is C46H61FN20O17P2S. The van der Waals surface area contributed by atoms with Crippen molar-refractivity contribution in [3.8, 4) is 0 Å². The Morgan fingerprint density at radius 3 is 2.08 bits per heavy atom. The molecule has 4 aromatic heterocycles. The van der Waals surface area contributed by atoms with Gasteiger partial charge in [0.25, 0.3) is 0 Å². The minimum absolute atomic E-state index is 0.0216. The lowest BCUT2D eigenvalue weighted by Gasteiger charge is -2.31. The summed E-state index contributed by atoms with van der Waals surface area (Å²) in [5.41, 5.74) is 26.8. The minimum atomic E-state index is -5.28. The third-order valence-corrected chi connectivity index (χ3v) is 16.1. The number of likely N-dealkylation sites (N-methyl/N-ethyl adjacent to an activating group) is 2. The van der Waals surface area contributed by atoms with E-state index in [2.05, 4.69) is 61.2 Å². The first-order valence-electron chi connectivity index (χ1n) is 26.3. The predicted molar refractivity (Wildman–Crippen MR) is 300 cm³/mol. The van der Waals surface area contributed by atoms with Crippen molar-refractivity contribution >= 4 is 102 Å². The Morgan fingerprint density at radius 1 is 0.862 bits per heavy atom. The van der Waals surface area contributed by atoms with Crippen LogP contribution < -0.4 is 38.5 Å². The quantitative estimate of drug-likeness (QED) is 0.0173. The Labute approximate surface area is 496 Å². The number of hydrogen-bond donors (Lipinski definition) is 9. The largest absolute Gasteiger partial charge is 0.472 e. The molecule has 12 N–H and O–H groups in total. The summed E-state index contributed by atoms with van der Waals surface area (Å²) >= 11 is 5.43. The number of carbonyl (C=O) groups is 6. The van der Waals surface area contributed by atoms with Crippen molar-refractivity contribution in [1.82, 2.24) is 64.8 Å². The Kier molecular flexibility index (Phi) is 21.0. The minimum Gasteiger partial charge on any atom is -0.445 e. The van der Waals surface area contributed by atoms with E-state index >= 15 is 4.39 Å². The van der Waals surface area contributed by atoms with Crippen LogP contribution in [-0.4, -0.2) is 197 Å². The number of nitrogen functional groups attached to an aromatic ring is 2. The Hall–Kier alpha value is -8.06. The topological polar surface area (TPSA) is 502 Å². The van der Waals surface area contributed by atoms with E-state index in [9.17, 15) is 43.1 Å². The van der Waals surface area contributed by atoms with Gasteiger partial charge in [0.1, 0.15) is 73.3 Å². The van der Waals surface area contributed by atoms with Gasteiger partial charge in [-0.25, -0.2) is 53.2 Å². The highest BCUT2D eigenvalue weighted by Crippen LogP contribution is 2.54. The average Bonchev–Trinajstić information content (AvgIpc) is 1.72.